The van der Waals surface area contributed by atoms with Crippen LogP contribution in [0.25, 0.3) is 0 Å². The first-order chi connectivity index (χ1) is 7.68. The van der Waals surface area contributed by atoms with Crippen molar-refractivity contribution in [3.63, 3.8) is 0 Å². The van der Waals surface area contributed by atoms with E-state index in [2.05, 4.69) is 44.3 Å². The molecule has 1 aromatic rings. The summed E-state index contributed by atoms with van der Waals surface area (Å²) in [4.78, 5) is 0. The Bertz CT molecular complexity index is 356. The topological polar surface area (TPSA) is 12.0 Å². The average molecular weight is 217 g/mol. The number of hydrogen-bond acceptors (Lipinski definition) is 1. The molecule has 88 valence electrons. The van der Waals surface area contributed by atoms with Gasteiger partial charge in [-0.25, -0.2) is 0 Å². The molecular weight excluding hydrogens is 194 g/mol. The number of benzene rings is 1. The van der Waals surface area contributed by atoms with Crippen LogP contribution in [0.5, 0.6) is 0 Å². The molecule has 0 heterocycles. The molecule has 0 amide bonds. The predicted molar refractivity (Wildman–Crippen MR) is 71.0 cm³/mol. The Morgan fingerprint density at radius 1 is 1.12 bits per heavy atom. The van der Waals surface area contributed by atoms with Gasteiger partial charge in [-0.2, -0.15) is 0 Å². The number of hydrogen-bond donors (Lipinski definition) is 1. The molecule has 0 radical (unpaired) electrons. The molecule has 0 saturated heterocycles. The summed E-state index contributed by atoms with van der Waals surface area (Å²) in [5, 5.41) is 3.74. The van der Waals surface area contributed by atoms with Crippen molar-refractivity contribution >= 4 is 5.69 Å². The monoisotopic (exact) mass is 217 g/mol. The first kappa shape index (κ1) is 11.5. The van der Waals surface area contributed by atoms with Gasteiger partial charge in [-0.3, -0.25) is 0 Å². The zero-order chi connectivity index (χ0) is 11.5. The van der Waals surface area contributed by atoms with Gasteiger partial charge < -0.3 is 5.32 Å². The lowest BCUT2D eigenvalue weighted by Crippen LogP contribution is -2.30. The largest absolute Gasteiger partial charge is 0.382 e. The van der Waals surface area contributed by atoms with Crippen LogP contribution < -0.4 is 5.32 Å². The van der Waals surface area contributed by atoms with E-state index in [0.717, 1.165) is 5.92 Å². The van der Waals surface area contributed by atoms with Gasteiger partial charge >= 0.3 is 0 Å². The molecule has 1 N–H and O–H groups in total. The number of nitrogens with one attached hydrogen (secondary N) is 1. The van der Waals surface area contributed by atoms with E-state index in [-0.39, 0.29) is 0 Å². The minimum absolute atomic E-state index is 0.675. The van der Waals surface area contributed by atoms with Crippen LogP contribution in [0.4, 0.5) is 5.69 Å². The molecule has 1 heteroatoms. The van der Waals surface area contributed by atoms with Gasteiger partial charge in [0.2, 0.25) is 0 Å². The molecule has 0 aliphatic heterocycles. The first-order valence-electron chi connectivity index (χ1n) is 6.51. The van der Waals surface area contributed by atoms with Gasteiger partial charge in [0.05, 0.1) is 0 Å². The summed E-state index contributed by atoms with van der Waals surface area (Å²) in [6.45, 7) is 6.78. The summed E-state index contributed by atoms with van der Waals surface area (Å²) in [5.74, 6) is 0.814. The summed E-state index contributed by atoms with van der Waals surface area (Å²) in [7, 11) is 0. The zero-order valence-electron chi connectivity index (χ0n) is 10.7. The van der Waals surface area contributed by atoms with Gasteiger partial charge in [0.1, 0.15) is 0 Å². The van der Waals surface area contributed by atoms with Crippen molar-refractivity contribution in [2.24, 2.45) is 5.92 Å². The smallest absolute Gasteiger partial charge is 0.0374 e. The molecule has 2 unspecified atom stereocenters. The molecule has 0 spiro atoms. The van der Waals surface area contributed by atoms with Crippen LogP contribution in [0, 0.1) is 19.8 Å². The van der Waals surface area contributed by atoms with Crippen molar-refractivity contribution in [1.29, 1.82) is 0 Å². The van der Waals surface area contributed by atoms with E-state index < -0.39 is 0 Å². The van der Waals surface area contributed by atoms with Crippen LogP contribution in [-0.4, -0.2) is 6.04 Å². The average Bonchev–Trinajstić information content (AvgIpc) is 2.28. The SMILES string of the molecule is Cc1cccc(NC2CCCCC2C)c1C. The third-order valence-electron chi connectivity index (χ3n) is 4.06. The lowest BCUT2D eigenvalue weighted by atomic mass is 9.85. The van der Waals surface area contributed by atoms with E-state index in [0.29, 0.717) is 6.04 Å². The van der Waals surface area contributed by atoms with E-state index in [1.165, 1.54) is 42.5 Å². The lowest BCUT2D eigenvalue weighted by Gasteiger charge is -2.31. The fourth-order valence-corrected chi connectivity index (χ4v) is 2.64. The van der Waals surface area contributed by atoms with Crippen LogP contribution in [0.3, 0.4) is 0 Å². The van der Waals surface area contributed by atoms with Crippen molar-refractivity contribution < 1.29 is 0 Å². The third kappa shape index (κ3) is 2.40. The Morgan fingerprint density at radius 3 is 2.62 bits per heavy atom. The maximum atomic E-state index is 3.74. The Morgan fingerprint density at radius 2 is 1.88 bits per heavy atom. The number of anilines is 1. The van der Waals surface area contributed by atoms with E-state index in [1.807, 2.05) is 0 Å². The summed E-state index contributed by atoms with van der Waals surface area (Å²) in [6, 6.07) is 7.22. The van der Waals surface area contributed by atoms with Crippen LogP contribution in [0.2, 0.25) is 0 Å². The molecule has 1 fully saturated rings. The zero-order valence-corrected chi connectivity index (χ0v) is 10.7. The van der Waals surface area contributed by atoms with Gasteiger partial charge in [0.15, 0.2) is 0 Å². The molecule has 16 heavy (non-hydrogen) atoms. The summed E-state index contributed by atoms with van der Waals surface area (Å²) in [5.41, 5.74) is 4.12. The standard InChI is InChI=1S/C15H23N/c1-11-8-6-10-15(13(11)3)16-14-9-5-4-7-12(14)2/h6,8,10,12,14,16H,4-5,7,9H2,1-3H3. The number of rotatable bonds is 2. The number of aryl methyl sites for hydroxylation is 1. The summed E-state index contributed by atoms with van der Waals surface area (Å²) >= 11 is 0. The molecule has 1 saturated carbocycles. The molecule has 1 aromatic carbocycles. The molecule has 1 aliphatic rings. The van der Waals surface area contributed by atoms with E-state index in [1.54, 1.807) is 0 Å². The first-order valence-corrected chi connectivity index (χ1v) is 6.51. The van der Waals surface area contributed by atoms with Crippen LogP contribution in [-0.2, 0) is 0 Å². The molecular formula is C15H23N. The molecule has 0 aromatic heterocycles. The van der Waals surface area contributed by atoms with Gasteiger partial charge in [-0.1, -0.05) is 31.9 Å². The highest BCUT2D eigenvalue weighted by Crippen LogP contribution is 2.28. The van der Waals surface area contributed by atoms with Crippen molar-refractivity contribution in [3.8, 4) is 0 Å². The Balaban J connectivity index is 2.10. The second-order valence-corrected chi connectivity index (χ2v) is 5.26. The Kier molecular flexibility index (Phi) is 3.52. The normalized spacial score (nSPS) is 25.4. The molecule has 1 aliphatic carbocycles. The van der Waals surface area contributed by atoms with Gasteiger partial charge in [-0.15, -0.1) is 0 Å². The fraction of sp³-hybridized carbons (Fsp3) is 0.600. The Labute approximate surface area is 99.3 Å². The third-order valence-corrected chi connectivity index (χ3v) is 4.06. The highest BCUT2D eigenvalue weighted by molar-refractivity contribution is 5.54. The predicted octanol–water partition coefficient (Wildman–Crippen LogP) is 4.29. The molecule has 0 bridgehead atoms. The van der Waals surface area contributed by atoms with Gasteiger partial charge in [0.25, 0.3) is 0 Å². The van der Waals surface area contributed by atoms with E-state index >= 15 is 0 Å². The van der Waals surface area contributed by atoms with Crippen molar-refractivity contribution in [2.75, 3.05) is 5.32 Å². The maximum absolute atomic E-state index is 3.74. The van der Waals surface area contributed by atoms with E-state index in [4.69, 9.17) is 0 Å². The minimum Gasteiger partial charge on any atom is -0.382 e. The highest BCUT2D eigenvalue weighted by atomic mass is 14.9. The lowest BCUT2D eigenvalue weighted by molar-refractivity contribution is 0.349. The molecule has 2 rings (SSSR count). The van der Waals surface area contributed by atoms with Crippen molar-refractivity contribution in [1.82, 2.24) is 0 Å². The van der Waals surface area contributed by atoms with Crippen LogP contribution in [0.1, 0.15) is 43.7 Å². The van der Waals surface area contributed by atoms with Gasteiger partial charge in [-0.05, 0) is 49.8 Å². The van der Waals surface area contributed by atoms with Crippen molar-refractivity contribution in [2.45, 2.75) is 52.5 Å². The fourth-order valence-electron chi connectivity index (χ4n) is 2.64. The van der Waals surface area contributed by atoms with Crippen LogP contribution >= 0.6 is 0 Å². The highest BCUT2D eigenvalue weighted by Gasteiger charge is 2.21. The van der Waals surface area contributed by atoms with Crippen LogP contribution in [0.15, 0.2) is 18.2 Å². The van der Waals surface area contributed by atoms with Gasteiger partial charge in [0, 0.05) is 11.7 Å². The second kappa shape index (κ2) is 4.90. The Hall–Kier alpha value is -0.980. The maximum Gasteiger partial charge on any atom is 0.0374 e. The van der Waals surface area contributed by atoms with E-state index in [9.17, 15) is 0 Å². The quantitative estimate of drug-likeness (QED) is 0.779. The minimum atomic E-state index is 0.675. The summed E-state index contributed by atoms with van der Waals surface area (Å²) < 4.78 is 0. The van der Waals surface area contributed by atoms with Crippen molar-refractivity contribution in [3.05, 3.63) is 29.3 Å². The molecule has 2 atom stereocenters. The molecule has 1 nitrogen and oxygen atoms in total. The summed E-state index contributed by atoms with van der Waals surface area (Å²) in [6.07, 6.45) is 5.50. The second-order valence-electron chi connectivity index (χ2n) is 5.26.